The molecule has 18 heavy (non-hydrogen) atoms. The maximum Gasteiger partial charge on any atom is 0.122 e. The van der Waals surface area contributed by atoms with E-state index in [9.17, 15) is 5.11 Å². The van der Waals surface area contributed by atoms with Crippen LogP contribution in [0.3, 0.4) is 0 Å². The van der Waals surface area contributed by atoms with Crippen molar-refractivity contribution in [1.82, 2.24) is 4.90 Å². The SMILES string of the molecule is CCc1cc(C(CO)N(C)C2CC2)ccc1OC. The van der Waals surface area contributed by atoms with Crippen LogP contribution in [0.4, 0.5) is 0 Å². The predicted molar refractivity (Wildman–Crippen MR) is 73.0 cm³/mol. The van der Waals surface area contributed by atoms with Crippen LogP contribution in [0.1, 0.15) is 36.9 Å². The number of likely N-dealkylation sites (N-methyl/N-ethyl adjacent to an activating group) is 1. The van der Waals surface area contributed by atoms with E-state index in [1.807, 2.05) is 6.07 Å². The summed E-state index contributed by atoms with van der Waals surface area (Å²) in [6, 6.07) is 7.00. The number of methoxy groups -OCH3 is 1. The van der Waals surface area contributed by atoms with Gasteiger partial charge < -0.3 is 9.84 Å². The Morgan fingerprint density at radius 2 is 2.17 bits per heavy atom. The van der Waals surface area contributed by atoms with Crippen molar-refractivity contribution in [1.29, 1.82) is 0 Å². The molecule has 2 rings (SSSR count). The van der Waals surface area contributed by atoms with E-state index in [-0.39, 0.29) is 12.6 Å². The fourth-order valence-corrected chi connectivity index (χ4v) is 2.49. The molecule has 1 aliphatic rings. The molecule has 0 bridgehead atoms. The molecule has 1 N–H and O–H groups in total. The molecule has 1 fully saturated rings. The quantitative estimate of drug-likeness (QED) is 0.840. The monoisotopic (exact) mass is 249 g/mol. The Bertz CT molecular complexity index is 401. The minimum atomic E-state index is 0.105. The van der Waals surface area contributed by atoms with Crippen molar-refractivity contribution in [3.63, 3.8) is 0 Å². The van der Waals surface area contributed by atoms with Crippen LogP contribution < -0.4 is 4.74 Å². The van der Waals surface area contributed by atoms with E-state index in [4.69, 9.17) is 4.74 Å². The number of hydrogen-bond donors (Lipinski definition) is 1. The van der Waals surface area contributed by atoms with Gasteiger partial charge in [-0.3, -0.25) is 4.90 Å². The second-order valence-electron chi connectivity index (χ2n) is 5.02. The van der Waals surface area contributed by atoms with Gasteiger partial charge in [-0.25, -0.2) is 0 Å². The van der Waals surface area contributed by atoms with Crippen LogP contribution in [-0.2, 0) is 6.42 Å². The first-order valence-corrected chi connectivity index (χ1v) is 6.70. The summed E-state index contributed by atoms with van der Waals surface area (Å²) in [7, 11) is 3.81. The van der Waals surface area contributed by atoms with Gasteiger partial charge in [0, 0.05) is 6.04 Å². The zero-order chi connectivity index (χ0) is 13.1. The minimum absolute atomic E-state index is 0.105. The number of aliphatic hydroxyl groups excluding tert-OH is 1. The number of aliphatic hydroxyl groups is 1. The Hall–Kier alpha value is -1.06. The number of ether oxygens (including phenoxy) is 1. The summed E-state index contributed by atoms with van der Waals surface area (Å²) in [6.45, 7) is 2.29. The van der Waals surface area contributed by atoms with Gasteiger partial charge in [0.2, 0.25) is 0 Å². The normalized spacial score (nSPS) is 16.9. The number of nitrogens with zero attached hydrogens (tertiary/aromatic N) is 1. The van der Waals surface area contributed by atoms with Crippen molar-refractivity contribution in [3.05, 3.63) is 29.3 Å². The first kappa shape index (κ1) is 13.4. The van der Waals surface area contributed by atoms with E-state index in [1.165, 1.54) is 24.0 Å². The molecule has 1 atom stereocenters. The average molecular weight is 249 g/mol. The molecule has 1 unspecified atom stereocenters. The molecule has 0 heterocycles. The fourth-order valence-electron chi connectivity index (χ4n) is 2.49. The van der Waals surface area contributed by atoms with E-state index in [0.717, 1.165) is 12.2 Å². The average Bonchev–Trinajstić information content (AvgIpc) is 3.23. The van der Waals surface area contributed by atoms with Crippen molar-refractivity contribution in [2.75, 3.05) is 20.8 Å². The third kappa shape index (κ3) is 2.68. The first-order valence-electron chi connectivity index (χ1n) is 6.70. The number of hydrogen-bond acceptors (Lipinski definition) is 3. The minimum Gasteiger partial charge on any atom is -0.496 e. The molecule has 0 radical (unpaired) electrons. The number of rotatable bonds is 6. The van der Waals surface area contributed by atoms with Crippen LogP contribution in [0.2, 0.25) is 0 Å². The predicted octanol–water partition coefficient (Wildman–Crippen LogP) is 2.39. The number of aryl methyl sites for hydroxylation is 1. The Morgan fingerprint density at radius 3 is 2.67 bits per heavy atom. The maximum absolute atomic E-state index is 9.64. The summed E-state index contributed by atoms with van der Waals surface area (Å²) in [6.07, 6.45) is 3.45. The van der Waals surface area contributed by atoms with Crippen molar-refractivity contribution >= 4 is 0 Å². The Kier molecular flexibility index (Phi) is 4.25. The summed E-state index contributed by atoms with van der Waals surface area (Å²) in [5.41, 5.74) is 2.39. The highest BCUT2D eigenvalue weighted by molar-refractivity contribution is 5.38. The van der Waals surface area contributed by atoms with E-state index in [0.29, 0.717) is 6.04 Å². The molecule has 1 saturated carbocycles. The van der Waals surface area contributed by atoms with E-state index in [1.54, 1.807) is 7.11 Å². The second kappa shape index (κ2) is 5.72. The molecule has 3 heteroatoms. The van der Waals surface area contributed by atoms with Crippen molar-refractivity contribution in [2.45, 2.75) is 38.3 Å². The summed E-state index contributed by atoms with van der Waals surface area (Å²) >= 11 is 0. The van der Waals surface area contributed by atoms with Gasteiger partial charge in [0.25, 0.3) is 0 Å². The third-order valence-corrected chi connectivity index (χ3v) is 3.86. The molecule has 0 amide bonds. The standard InChI is InChI=1S/C15H23NO2/c1-4-11-9-12(5-8-15(11)18-3)14(10-17)16(2)13-6-7-13/h5,8-9,13-14,17H,4,6-7,10H2,1-3H3. The van der Waals surface area contributed by atoms with Crippen LogP contribution in [-0.4, -0.2) is 36.8 Å². The second-order valence-corrected chi connectivity index (χ2v) is 5.02. The lowest BCUT2D eigenvalue weighted by Gasteiger charge is -2.27. The van der Waals surface area contributed by atoms with Gasteiger partial charge >= 0.3 is 0 Å². The first-order chi connectivity index (χ1) is 8.71. The van der Waals surface area contributed by atoms with E-state index >= 15 is 0 Å². The van der Waals surface area contributed by atoms with Gasteiger partial charge in [-0.15, -0.1) is 0 Å². The Balaban J connectivity index is 2.24. The summed E-state index contributed by atoms with van der Waals surface area (Å²) in [5.74, 6) is 0.937. The lowest BCUT2D eigenvalue weighted by atomic mass is 10.0. The van der Waals surface area contributed by atoms with Gasteiger partial charge in [0.15, 0.2) is 0 Å². The zero-order valence-electron chi connectivity index (χ0n) is 11.5. The van der Waals surface area contributed by atoms with Gasteiger partial charge in [-0.05, 0) is 43.5 Å². The molecule has 1 aromatic rings. The summed E-state index contributed by atoms with van der Waals surface area (Å²) in [4.78, 5) is 2.29. The summed E-state index contributed by atoms with van der Waals surface area (Å²) in [5, 5.41) is 9.64. The van der Waals surface area contributed by atoms with Gasteiger partial charge in [-0.1, -0.05) is 19.1 Å². The van der Waals surface area contributed by atoms with Crippen LogP contribution in [0.15, 0.2) is 18.2 Å². The molecule has 100 valence electrons. The Morgan fingerprint density at radius 1 is 1.44 bits per heavy atom. The molecular formula is C15H23NO2. The molecule has 1 aromatic carbocycles. The van der Waals surface area contributed by atoms with E-state index < -0.39 is 0 Å². The molecule has 0 spiro atoms. The highest BCUT2D eigenvalue weighted by Crippen LogP contribution is 2.34. The number of benzene rings is 1. The zero-order valence-corrected chi connectivity index (χ0v) is 11.5. The van der Waals surface area contributed by atoms with Crippen LogP contribution in [0.25, 0.3) is 0 Å². The van der Waals surface area contributed by atoms with Crippen molar-refractivity contribution in [2.24, 2.45) is 0 Å². The highest BCUT2D eigenvalue weighted by atomic mass is 16.5. The molecule has 0 aliphatic heterocycles. The van der Waals surface area contributed by atoms with Gasteiger partial charge in [-0.2, -0.15) is 0 Å². The lowest BCUT2D eigenvalue weighted by Crippen LogP contribution is -2.29. The molecule has 0 saturated heterocycles. The smallest absolute Gasteiger partial charge is 0.122 e. The Labute approximate surface area is 109 Å². The van der Waals surface area contributed by atoms with Gasteiger partial charge in [0.05, 0.1) is 19.8 Å². The largest absolute Gasteiger partial charge is 0.496 e. The fraction of sp³-hybridized carbons (Fsp3) is 0.600. The molecule has 1 aliphatic carbocycles. The topological polar surface area (TPSA) is 32.7 Å². The third-order valence-electron chi connectivity index (χ3n) is 3.86. The molecular weight excluding hydrogens is 226 g/mol. The van der Waals surface area contributed by atoms with Crippen molar-refractivity contribution < 1.29 is 9.84 Å². The van der Waals surface area contributed by atoms with E-state index in [2.05, 4.69) is 31.0 Å². The summed E-state index contributed by atoms with van der Waals surface area (Å²) < 4.78 is 5.35. The lowest BCUT2D eigenvalue weighted by molar-refractivity contribution is 0.141. The molecule has 3 nitrogen and oxygen atoms in total. The van der Waals surface area contributed by atoms with Crippen LogP contribution in [0.5, 0.6) is 5.75 Å². The van der Waals surface area contributed by atoms with Crippen LogP contribution >= 0.6 is 0 Å². The van der Waals surface area contributed by atoms with Crippen molar-refractivity contribution in [3.8, 4) is 5.75 Å². The highest BCUT2D eigenvalue weighted by Gasteiger charge is 2.31. The van der Waals surface area contributed by atoms with Gasteiger partial charge in [0.1, 0.15) is 5.75 Å². The van der Waals surface area contributed by atoms with Crippen LogP contribution in [0, 0.1) is 0 Å². The molecule has 0 aromatic heterocycles. The maximum atomic E-state index is 9.64.